The lowest BCUT2D eigenvalue weighted by Crippen LogP contribution is -2.31. The minimum Gasteiger partial charge on any atom is -0.496 e. The van der Waals surface area contributed by atoms with Crippen molar-refractivity contribution >= 4 is 35.1 Å². The Hall–Kier alpha value is -2.24. The summed E-state index contributed by atoms with van der Waals surface area (Å²) in [5.74, 6) is -0.335. The summed E-state index contributed by atoms with van der Waals surface area (Å²) in [4.78, 5) is 23.9. The first kappa shape index (κ1) is 20.1. The molecule has 2 aromatic carbocycles. The van der Waals surface area contributed by atoms with Crippen LogP contribution in [0.15, 0.2) is 42.5 Å². The summed E-state index contributed by atoms with van der Waals surface area (Å²) in [6.07, 6.45) is 0.0237. The Kier molecular flexibility index (Phi) is 7.30. The Morgan fingerprint density at radius 2 is 1.88 bits per heavy atom. The molecular formula is C19H19Cl2NO4. The number of ether oxygens (including phenoxy) is 2. The number of para-hydroxylation sites is 1. The molecule has 0 unspecified atom stereocenters. The van der Waals surface area contributed by atoms with E-state index in [1.54, 1.807) is 43.3 Å². The van der Waals surface area contributed by atoms with Crippen LogP contribution in [-0.4, -0.2) is 25.6 Å². The molecule has 1 atom stereocenters. The SMILES string of the molecule is COc1ccccc1CC(=O)OCC(=O)N[C@@H](C)c1ccc(Cl)cc1Cl. The second-order valence-electron chi connectivity index (χ2n) is 5.60. The molecule has 0 bridgehead atoms. The first-order valence-electron chi connectivity index (χ1n) is 7.92. The standard InChI is InChI=1S/C19H19Cl2NO4/c1-12(15-8-7-14(20)10-16(15)21)22-18(23)11-26-19(24)9-13-5-3-4-6-17(13)25-2/h3-8,10,12H,9,11H2,1-2H3,(H,22,23)/t12-/m0/s1. The zero-order valence-corrected chi connectivity index (χ0v) is 15.9. The number of rotatable bonds is 7. The van der Waals surface area contributed by atoms with Gasteiger partial charge in [-0.2, -0.15) is 0 Å². The maximum absolute atomic E-state index is 12.0. The second-order valence-corrected chi connectivity index (χ2v) is 6.45. The largest absolute Gasteiger partial charge is 0.496 e. The van der Waals surface area contributed by atoms with Gasteiger partial charge in [-0.25, -0.2) is 0 Å². The zero-order chi connectivity index (χ0) is 19.1. The van der Waals surface area contributed by atoms with Crippen molar-refractivity contribution in [1.29, 1.82) is 0 Å². The zero-order valence-electron chi connectivity index (χ0n) is 14.4. The van der Waals surface area contributed by atoms with Gasteiger partial charge in [0.1, 0.15) is 5.75 Å². The maximum Gasteiger partial charge on any atom is 0.310 e. The summed E-state index contributed by atoms with van der Waals surface area (Å²) in [7, 11) is 1.53. The molecule has 2 aromatic rings. The molecule has 1 amide bonds. The van der Waals surface area contributed by atoms with E-state index in [2.05, 4.69) is 5.32 Å². The van der Waals surface area contributed by atoms with E-state index in [9.17, 15) is 9.59 Å². The van der Waals surface area contributed by atoms with Crippen LogP contribution in [0.4, 0.5) is 0 Å². The molecule has 0 aromatic heterocycles. The highest BCUT2D eigenvalue weighted by atomic mass is 35.5. The fraction of sp³-hybridized carbons (Fsp3) is 0.263. The van der Waals surface area contributed by atoms with E-state index in [0.29, 0.717) is 21.4 Å². The van der Waals surface area contributed by atoms with E-state index in [1.165, 1.54) is 7.11 Å². The molecule has 0 aliphatic carbocycles. The van der Waals surface area contributed by atoms with Crippen LogP contribution < -0.4 is 10.1 Å². The summed E-state index contributed by atoms with van der Waals surface area (Å²) in [5, 5.41) is 3.70. The molecule has 0 saturated carbocycles. The lowest BCUT2D eigenvalue weighted by atomic mass is 10.1. The number of nitrogens with one attached hydrogen (secondary N) is 1. The monoisotopic (exact) mass is 395 g/mol. The summed E-state index contributed by atoms with van der Waals surface area (Å²) < 4.78 is 10.2. The lowest BCUT2D eigenvalue weighted by molar-refractivity contribution is -0.148. The van der Waals surface area contributed by atoms with Crippen molar-refractivity contribution in [2.24, 2.45) is 0 Å². The van der Waals surface area contributed by atoms with Gasteiger partial charge in [0.25, 0.3) is 5.91 Å². The van der Waals surface area contributed by atoms with Gasteiger partial charge in [0.15, 0.2) is 6.61 Å². The van der Waals surface area contributed by atoms with Gasteiger partial charge in [0.2, 0.25) is 0 Å². The quantitative estimate of drug-likeness (QED) is 0.720. The summed E-state index contributed by atoms with van der Waals surface area (Å²) in [6.45, 7) is 1.41. The molecule has 7 heteroatoms. The van der Waals surface area contributed by atoms with Crippen molar-refractivity contribution in [3.05, 3.63) is 63.6 Å². The molecule has 0 radical (unpaired) electrons. The third kappa shape index (κ3) is 5.64. The number of carbonyl (C=O) groups is 2. The summed E-state index contributed by atoms with van der Waals surface area (Å²) >= 11 is 12.0. The Bertz CT molecular complexity index is 795. The van der Waals surface area contributed by atoms with Gasteiger partial charge in [-0.1, -0.05) is 47.5 Å². The van der Waals surface area contributed by atoms with Crippen LogP contribution >= 0.6 is 23.2 Å². The number of benzene rings is 2. The number of hydrogen-bond acceptors (Lipinski definition) is 4. The molecule has 1 N–H and O–H groups in total. The summed E-state index contributed by atoms with van der Waals surface area (Å²) in [6, 6.07) is 11.8. The van der Waals surface area contributed by atoms with Gasteiger partial charge < -0.3 is 14.8 Å². The molecule has 138 valence electrons. The van der Waals surface area contributed by atoms with Crippen molar-refractivity contribution in [2.45, 2.75) is 19.4 Å². The van der Waals surface area contributed by atoms with Crippen molar-refractivity contribution in [2.75, 3.05) is 13.7 Å². The van der Waals surface area contributed by atoms with Gasteiger partial charge in [-0.3, -0.25) is 9.59 Å². The van der Waals surface area contributed by atoms with E-state index >= 15 is 0 Å². The molecule has 5 nitrogen and oxygen atoms in total. The molecule has 0 saturated heterocycles. The highest BCUT2D eigenvalue weighted by molar-refractivity contribution is 6.35. The van der Waals surface area contributed by atoms with Crippen molar-refractivity contribution < 1.29 is 19.1 Å². The van der Waals surface area contributed by atoms with Crippen LogP contribution in [0, 0.1) is 0 Å². The van der Waals surface area contributed by atoms with Crippen LogP contribution in [0.2, 0.25) is 10.0 Å². The van der Waals surface area contributed by atoms with E-state index in [0.717, 1.165) is 5.56 Å². The third-order valence-electron chi connectivity index (χ3n) is 3.70. The molecule has 0 spiro atoms. The van der Waals surface area contributed by atoms with Gasteiger partial charge in [-0.05, 0) is 30.7 Å². The van der Waals surface area contributed by atoms with Crippen LogP contribution in [-0.2, 0) is 20.7 Å². The van der Waals surface area contributed by atoms with Crippen LogP contribution in [0.3, 0.4) is 0 Å². The predicted molar refractivity (Wildman–Crippen MR) is 101 cm³/mol. The number of esters is 1. The van der Waals surface area contributed by atoms with Crippen LogP contribution in [0.25, 0.3) is 0 Å². The van der Waals surface area contributed by atoms with Gasteiger partial charge in [0, 0.05) is 15.6 Å². The van der Waals surface area contributed by atoms with E-state index < -0.39 is 11.9 Å². The number of halogens is 2. The topological polar surface area (TPSA) is 64.6 Å². The third-order valence-corrected chi connectivity index (χ3v) is 4.26. The predicted octanol–water partition coefficient (Wildman–Crippen LogP) is 3.97. The number of hydrogen-bond donors (Lipinski definition) is 1. The Morgan fingerprint density at radius 1 is 1.15 bits per heavy atom. The Morgan fingerprint density at radius 3 is 2.58 bits per heavy atom. The van der Waals surface area contributed by atoms with Gasteiger partial charge in [0.05, 0.1) is 19.6 Å². The van der Waals surface area contributed by atoms with Gasteiger partial charge >= 0.3 is 5.97 Å². The fourth-order valence-electron chi connectivity index (χ4n) is 2.42. The Labute approximate surface area is 162 Å². The minimum atomic E-state index is -0.512. The van der Waals surface area contributed by atoms with Crippen molar-refractivity contribution in [3.8, 4) is 5.75 Å². The molecule has 0 heterocycles. The number of amides is 1. The Balaban J connectivity index is 1.85. The van der Waals surface area contributed by atoms with E-state index in [4.69, 9.17) is 32.7 Å². The fourth-order valence-corrected chi connectivity index (χ4v) is 2.99. The molecule has 26 heavy (non-hydrogen) atoms. The van der Waals surface area contributed by atoms with Crippen LogP contribution in [0.1, 0.15) is 24.1 Å². The average Bonchev–Trinajstić information content (AvgIpc) is 2.60. The molecule has 0 aliphatic heterocycles. The van der Waals surface area contributed by atoms with E-state index in [-0.39, 0.29) is 19.1 Å². The van der Waals surface area contributed by atoms with Crippen LogP contribution in [0.5, 0.6) is 5.75 Å². The van der Waals surface area contributed by atoms with Crippen molar-refractivity contribution in [3.63, 3.8) is 0 Å². The van der Waals surface area contributed by atoms with Gasteiger partial charge in [-0.15, -0.1) is 0 Å². The average molecular weight is 396 g/mol. The highest BCUT2D eigenvalue weighted by Gasteiger charge is 2.15. The summed E-state index contributed by atoms with van der Waals surface area (Å²) in [5.41, 5.74) is 1.42. The van der Waals surface area contributed by atoms with Crippen molar-refractivity contribution in [1.82, 2.24) is 5.32 Å². The number of methoxy groups -OCH3 is 1. The number of carbonyl (C=O) groups excluding carboxylic acids is 2. The lowest BCUT2D eigenvalue weighted by Gasteiger charge is -2.16. The molecular weight excluding hydrogens is 377 g/mol. The first-order chi connectivity index (χ1) is 12.4. The first-order valence-corrected chi connectivity index (χ1v) is 8.68. The second kappa shape index (κ2) is 9.46. The minimum absolute atomic E-state index is 0.0237. The molecule has 2 rings (SSSR count). The highest BCUT2D eigenvalue weighted by Crippen LogP contribution is 2.26. The smallest absolute Gasteiger partial charge is 0.310 e. The van der Waals surface area contributed by atoms with E-state index in [1.807, 2.05) is 6.07 Å². The maximum atomic E-state index is 12.0. The normalized spacial score (nSPS) is 11.5. The molecule has 0 aliphatic rings. The molecule has 0 fully saturated rings.